The fraction of sp³-hybridized carbons (Fsp3) is 0.545. The SMILES string of the molecule is CCc1cn(C(C)CC(=O)OC)c(=O)[nH]c1=O. The van der Waals surface area contributed by atoms with Gasteiger partial charge in [-0.2, -0.15) is 0 Å². The summed E-state index contributed by atoms with van der Waals surface area (Å²) in [6.45, 7) is 3.54. The van der Waals surface area contributed by atoms with E-state index in [1.165, 1.54) is 17.9 Å². The normalized spacial score (nSPS) is 12.2. The summed E-state index contributed by atoms with van der Waals surface area (Å²) in [4.78, 5) is 36.3. The molecule has 0 radical (unpaired) electrons. The Morgan fingerprint density at radius 1 is 1.53 bits per heavy atom. The van der Waals surface area contributed by atoms with Gasteiger partial charge in [-0.1, -0.05) is 6.92 Å². The van der Waals surface area contributed by atoms with Crippen LogP contribution in [0.5, 0.6) is 0 Å². The molecule has 0 aliphatic rings. The van der Waals surface area contributed by atoms with Gasteiger partial charge in [-0.25, -0.2) is 4.79 Å². The highest BCUT2D eigenvalue weighted by Gasteiger charge is 2.13. The summed E-state index contributed by atoms with van der Waals surface area (Å²) in [6, 6.07) is -0.350. The fourth-order valence-corrected chi connectivity index (χ4v) is 1.53. The number of esters is 1. The highest BCUT2D eigenvalue weighted by molar-refractivity contribution is 5.69. The minimum Gasteiger partial charge on any atom is -0.469 e. The van der Waals surface area contributed by atoms with Crippen LogP contribution >= 0.6 is 0 Å². The number of hydrogen-bond donors (Lipinski definition) is 1. The second-order valence-corrected chi connectivity index (χ2v) is 3.80. The molecule has 1 aromatic heterocycles. The number of aromatic nitrogens is 2. The molecule has 1 rings (SSSR count). The first-order valence-electron chi connectivity index (χ1n) is 5.40. The molecular weight excluding hydrogens is 224 g/mol. The minimum absolute atomic E-state index is 0.0889. The van der Waals surface area contributed by atoms with Gasteiger partial charge in [0.15, 0.2) is 0 Å². The first-order valence-corrected chi connectivity index (χ1v) is 5.40. The number of carbonyl (C=O) groups is 1. The summed E-state index contributed by atoms with van der Waals surface area (Å²) in [5.41, 5.74) is -0.371. The van der Waals surface area contributed by atoms with Crippen molar-refractivity contribution in [1.29, 1.82) is 0 Å². The maximum absolute atomic E-state index is 11.6. The van der Waals surface area contributed by atoms with E-state index in [4.69, 9.17) is 0 Å². The van der Waals surface area contributed by atoms with Gasteiger partial charge >= 0.3 is 11.7 Å². The number of ether oxygens (including phenoxy) is 1. The third kappa shape index (κ3) is 3.05. The smallest absolute Gasteiger partial charge is 0.328 e. The zero-order valence-electron chi connectivity index (χ0n) is 10.1. The molecule has 0 saturated carbocycles. The molecule has 6 nitrogen and oxygen atoms in total. The molecule has 0 amide bonds. The lowest BCUT2D eigenvalue weighted by Crippen LogP contribution is -2.33. The molecule has 1 atom stereocenters. The summed E-state index contributed by atoms with van der Waals surface area (Å²) in [7, 11) is 1.29. The van der Waals surface area contributed by atoms with Crippen LogP contribution in [0.25, 0.3) is 0 Å². The molecule has 0 aliphatic heterocycles. The van der Waals surface area contributed by atoms with E-state index in [1.807, 2.05) is 6.92 Å². The van der Waals surface area contributed by atoms with Crippen molar-refractivity contribution in [2.24, 2.45) is 0 Å². The van der Waals surface area contributed by atoms with Crippen molar-refractivity contribution in [1.82, 2.24) is 9.55 Å². The number of carbonyl (C=O) groups excluding carboxylic acids is 1. The lowest BCUT2D eigenvalue weighted by Gasteiger charge is -2.13. The third-order valence-corrected chi connectivity index (χ3v) is 2.59. The highest BCUT2D eigenvalue weighted by atomic mass is 16.5. The molecular formula is C11H16N2O4. The van der Waals surface area contributed by atoms with Crippen molar-refractivity contribution in [2.45, 2.75) is 32.7 Å². The van der Waals surface area contributed by atoms with E-state index >= 15 is 0 Å². The number of aryl methyl sites for hydroxylation is 1. The average Bonchev–Trinajstić information content (AvgIpc) is 2.28. The van der Waals surface area contributed by atoms with Gasteiger partial charge in [0.25, 0.3) is 5.56 Å². The maximum atomic E-state index is 11.6. The average molecular weight is 240 g/mol. The fourth-order valence-electron chi connectivity index (χ4n) is 1.53. The lowest BCUT2D eigenvalue weighted by molar-refractivity contribution is -0.141. The van der Waals surface area contributed by atoms with E-state index in [0.717, 1.165) is 0 Å². The summed E-state index contributed by atoms with van der Waals surface area (Å²) in [6.07, 6.45) is 2.11. The molecule has 0 aromatic carbocycles. The molecule has 0 spiro atoms. The van der Waals surface area contributed by atoms with Crippen LogP contribution in [0.1, 0.15) is 31.9 Å². The Bertz CT molecular complexity index is 515. The summed E-state index contributed by atoms with van der Waals surface area (Å²) >= 11 is 0. The molecule has 6 heteroatoms. The molecule has 17 heavy (non-hydrogen) atoms. The quantitative estimate of drug-likeness (QED) is 0.763. The first-order chi connectivity index (χ1) is 7.99. The van der Waals surface area contributed by atoms with Crippen LogP contribution in [0.4, 0.5) is 0 Å². The van der Waals surface area contributed by atoms with Crippen molar-refractivity contribution in [3.63, 3.8) is 0 Å². The predicted molar refractivity (Wildman–Crippen MR) is 62.0 cm³/mol. The molecule has 1 aromatic rings. The van der Waals surface area contributed by atoms with Crippen molar-refractivity contribution in [3.05, 3.63) is 32.6 Å². The first kappa shape index (κ1) is 13.2. The molecule has 0 bridgehead atoms. The van der Waals surface area contributed by atoms with Crippen LogP contribution in [-0.4, -0.2) is 22.6 Å². The minimum atomic E-state index is -0.511. The van der Waals surface area contributed by atoms with E-state index in [9.17, 15) is 14.4 Å². The number of nitrogens with one attached hydrogen (secondary N) is 1. The van der Waals surface area contributed by atoms with Gasteiger partial charge in [0.1, 0.15) is 0 Å². The van der Waals surface area contributed by atoms with Gasteiger partial charge in [0.2, 0.25) is 0 Å². The van der Waals surface area contributed by atoms with Gasteiger partial charge in [-0.3, -0.25) is 19.1 Å². The van der Waals surface area contributed by atoms with E-state index in [0.29, 0.717) is 12.0 Å². The van der Waals surface area contributed by atoms with E-state index in [-0.39, 0.29) is 18.0 Å². The number of methoxy groups -OCH3 is 1. The third-order valence-electron chi connectivity index (χ3n) is 2.59. The Hall–Kier alpha value is -1.85. The standard InChI is InChI=1S/C11H16N2O4/c1-4-8-6-13(11(16)12-10(8)15)7(2)5-9(14)17-3/h6-7H,4-5H2,1-3H3,(H,12,15,16). The zero-order valence-corrected chi connectivity index (χ0v) is 10.1. The lowest BCUT2D eigenvalue weighted by atomic mass is 10.2. The zero-order chi connectivity index (χ0) is 13.0. The Labute approximate surface area is 98.2 Å². The summed E-state index contributed by atoms with van der Waals surface area (Å²) < 4.78 is 5.88. The van der Waals surface area contributed by atoms with Gasteiger partial charge in [0, 0.05) is 17.8 Å². The number of hydrogen-bond acceptors (Lipinski definition) is 4. The molecule has 1 unspecified atom stereocenters. The topological polar surface area (TPSA) is 81.2 Å². The van der Waals surface area contributed by atoms with Crippen molar-refractivity contribution >= 4 is 5.97 Å². The van der Waals surface area contributed by atoms with E-state index < -0.39 is 11.7 Å². The number of H-pyrrole nitrogens is 1. The number of nitrogens with zero attached hydrogens (tertiary/aromatic N) is 1. The van der Waals surface area contributed by atoms with E-state index in [2.05, 4.69) is 9.72 Å². The van der Waals surface area contributed by atoms with E-state index in [1.54, 1.807) is 6.92 Å². The molecule has 0 aliphatic carbocycles. The summed E-state index contributed by atoms with van der Waals surface area (Å²) in [5.74, 6) is -0.395. The Morgan fingerprint density at radius 2 is 2.18 bits per heavy atom. The van der Waals surface area contributed by atoms with Crippen LogP contribution in [0.15, 0.2) is 15.8 Å². The number of rotatable bonds is 4. The van der Waals surface area contributed by atoms with Gasteiger partial charge in [0.05, 0.1) is 13.5 Å². The van der Waals surface area contributed by atoms with Crippen LogP contribution in [-0.2, 0) is 16.0 Å². The summed E-state index contributed by atoms with van der Waals surface area (Å²) in [5, 5.41) is 0. The van der Waals surface area contributed by atoms with Crippen LogP contribution in [0.3, 0.4) is 0 Å². The Kier molecular flexibility index (Phi) is 4.25. The van der Waals surface area contributed by atoms with Crippen molar-refractivity contribution < 1.29 is 9.53 Å². The molecule has 0 saturated heterocycles. The second-order valence-electron chi connectivity index (χ2n) is 3.80. The van der Waals surface area contributed by atoms with Gasteiger partial charge < -0.3 is 4.74 Å². The predicted octanol–water partition coefficient (Wildman–Crippen LogP) is 0.223. The molecule has 1 N–H and O–H groups in total. The maximum Gasteiger partial charge on any atom is 0.328 e. The van der Waals surface area contributed by atoms with Gasteiger partial charge in [-0.05, 0) is 13.3 Å². The molecule has 0 fully saturated rings. The molecule has 94 valence electrons. The highest BCUT2D eigenvalue weighted by Crippen LogP contribution is 2.08. The Balaban J connectivity index is 3.09. The van der Waals surface area contributed by atoms with Crippen molar-refractivity contribution in [2.75, 3.05) is 7.11 Å². The monoisotopic (exact) mass is 240 g/mol. The Morgan fingerprint density at radius 3 is 2.71 bits per heavy atom. The molecule has 1 heterocycles. The number of aromatic amines is 1. The second kappa shape index (κ2) is 5.47. The van der Waals surface area contributed by atoms with Crippen LogP contribution in [0.2, 0.25) is 0 Å². The van der Waals surface area contributed by atoms with Gasteiger partial charge in [-0.15, -0.1) is 0 Å². The van der Waals surface area contributed by atoms with Crippen molar-refractivity contribution in [3.8, 4) is 0 Å². The van der Waals surface area contributed by atoms with Crippen LogP contribution in [0, 0.1) is 0 Å². The largest absolute Gasteiger partial charge is 0.469 e. The van der Waals surface area contributed by atoms with Crippen LogP contribution < -0.4 is 11.2 Å².